The quantitative estimate of drug-likeness (QED) is 0.570. The van der Waals surface area contributed by atoms with Crippen LogP contribution in [0.15, 0.2) is 41.3 Å². The Morgan fingerprint density at radius 3 is 2.29 bits per heavy atom. The Bertz CT molecular complexity index is 1060. The van der Waals surface area contributed by atoms with Gasteiger partial charge in [0.25, 0.3) is 0 Å². The number of aromatic nitrogens is 4. The molecule has 1 aromatic carbocycles. The third-order valence-electron chi connectivity index (χ3n) is 4.37. The Labute approximate surface area is 169 Å². The van der Waals surface area contributed by atoms with Gasteiger partial charge in [-0.25, -0.2) is 17.8 Å². The lowest BCUT2D eigenvalue weighted by molar-refractivity contribution is 0.583. The zero-order valence-corrected chi connectivity index (χ0v) is 17.3. The predicted octanol–water partition coefficient (Wildman–Crippen LogP) is 2.63. The maximum absolute atomic E-state index is 12.2. The first kappa shape index (κ1) is 20.2. The molecule has 0 fully saturated rings. The highest BCUT2D eigenvalue weighted by Crippen LogP contribution is 2.16. The molecule has 0 saturated heterocycles. The van der Waals surface area contributed by atoms with Gasteiger partial charge in [-0.05, 0) is 62.7 Å². The first-order chi connectivity index (χ1) is 13.3. The van der Waals surface area contributed by atoms with E-state index in [1.165, 1.54) is 24.3 Å². The molecule has 0 unspecified atom stereocenters. The summed E-state index contributed by atoms with van der Waals surface area (Å²) in [5.74, 6) is 1.18. The van der Waals surface area contributed by atoms with Crippen LogP contribution in [0.4, 0.5) is 5.82 Å². The van der Waals surface area contributed by atoms with Crippen LogP contribution in [0.25, 0.3) is 5.82 Å². The third-order valence-corrected chi connectivity index (χ3v) is 6.10. The zero-order valence-electron chi connectivity index (χ0n) is 15.8. The van der Waals surface area contributed by atoms with Crippen molar-refractivity contribution in [1.29, 1.82) is 0 Å². The normalized spacial score (nSPS) is 11.6. The van der Waals surface area contributed by atoms with Crippen molar-refractivity contribution in [1.82, 2.24) is 24.7 Å². The maximum Gasteiger partial charge on any atom is 0.240 e. The fourth-order valence-corrected chi connectivity index (χ4v) is 3.71. The van der Waals surface area contributed by atoms with E-state index in [0.29, 0.717) is 23.2 Å². The number of sulfonamides is 1. The Kier molecular flexibility index (Phi) is 5.97. The molecule has 0 aliphatic rings. The van der Waals surface area contributed by atoms with Gasteiger partial charge >= 0.3 is 0 Å². The van der Waals surface area contributed by atoms with Crippen LogP contribution in [0.2, 0.25) is 5.02 Å². The van der Waals surface area contributed by atoms with Crippen LogP contribution < -0.4 is 10.0 Å². The SMILES string of the molecule is Cc1nn(-c2ccc(NCCNS(=O)(=O)c3ccc(Cl)cc3)nn2)c(C)c1C. The lowest BCUT2D eigenvalue weighted by Crippen LogP contribution is -2.29. The van der Waals surface area contributed by atoms with Gasteiger partial charge in [-0.15, -0.1) is 10.2 Å². The predicted molar refractivity (Wildman–Crippen MR) is 108 cm³/mol. The van der Waals surface area contributed by atoms with Gasteiger partial charge in [0.2, 0.25) is 10.0 Å². The highest BCUT2D eigenvalue weighted by molar-refractivity contribution is 7.89. The monoisotopic (exact) mass is 420 g/mol. The second-order valence-corrected chi connectivity index (χ2v) is 8.47. The molecular formula is C18H21ClN6O2S. The second-order valence-electron chi connectivity index (χ2n) is 6.26. The number of rotatable bonds is 7. The fourth-order valence-electron chi connectivity index (χ4n) is 2.55. The number of nitrogens with zero attached hydrogens (tertiary/aromatic N) is 4. The van der Waals surface area contributed by atoms with E-state index in [9.17, 15) is 8.42 Å². The van der Waals surface area contributed by atoms with Crippen LogP contribution in [-0.4, -0.2) is 41.5 Å². The summed E-state index contributed by atoms with van der Waals surface area (Å²) in [6.07, 6.45) is 0. The minimum atomic E-state index is -3.58. The lowest BCUT2D eigenvalue weighted by atomic mass is 10.2. The summed E-state index contributed by atoms with van der Waals surface area (Å²) in [6, 6.07) is 9.59. The highest BCUT2D eigenvalue weighted by Gasteiger charge is 2.13. The molecule has 0 bridgehead atoms. The average molecular weight is 421 g/mol. The van der Waals surface area contributed by atoms with E-state index >= 15 is 0 Å². The number of nitrogens with one attached hydrogen (secondary N) is 2. The van der Waals surface area contributed by atoms with Crippen molar-refractivity contribution in [3.05, 3.63) is 58.4 Å². The first-order valence-corrected chi connectivity index (χ1v) is 10.5. The number of hydrogen-bond donors (Lipinski definition) is 2. The second kappa shape index (κ2) is 8.26. The molecule has 2 N–H and O–H groups in total. The molecule has 0 atom stereocenters. The molecule has 3 aromatic rings. The molecule has 0 amide bonds. The number of benzene rings is 1. The van der Waals surface area contributed by atoms with Crippen LogP contribution in [-0.2, 0) is 10.0 Å². The summed E-state index contributed by atoms with van der Waals surface area (Å²) in [4.78, 5) is 0.168. The van der Waals surface area contributed by atoms with Crippen molar-refractivity contribution in [2.24, 2.45) is 0 Å². The number of halogens is 1. The van der Waals surface area contributed by atoms with Crippen LogP contribution >= 0.6 is 11.6 Å². The van der Waals surface area contributed by atoms with E-state index in [0.717, 1.165) is 17.0 Å². The zero-order chi connectivity index (χ0) is 20.3. The molecule has 3 rings (SSSR count). The molecule has 0 saturated carbocycles. The van der Waals surface area contributed by atoms with E-state index in [-0.39, 0.29) is 11.4 Å². The van der Waals surface area contributed by atoms with E-state index in [1.807, 2.05) is 26.8 Å². The van der Waals surface area contributed by atoms with Crippen molar-refractivity contribution in [2.75, 3.05) is 18.4 Å². The van der Waals surface area contributed by atoms with E-state index in [4.69, 9.17) is 11.6 Å². The minimum Gasteiger partial charge on any atom is -0.367 e. The summed E-state index contributed by atoms with van der Waals surface area (Å²) in [7, 11) is -3.58. The van der Waals surface area contributed by atoms with Gasteiger partial charge in [0, 0.05) is 23.8 Å². The molecule has 0 spiro atoms. The molecule has 0 aliphatic carbocycles. The summed E-state index contributed by atoms with van der Waals surface area (Å²) in [6.45, 7) is 6.51. The fraction of sp³-hybridized carbons (Fsp3) is 0.278. The standard InChI is InChI=1S/C18H21ClN6O2S/c1-12-13(2)24-25(14(12)3)18-9-8-17(22-23-18)20-10-11-21-28(26,27)16-6-4-15(19)5-7-16/h4-9,21H,10-11H2,1-3H3,(H,20,22). The maximum atomic E-state index is 12.2. The van der Waals surface area contributed by atoms with Crippen molar-refractivity contribution in [3.8, 4) is 5.82 Å². The Morgan fingerprint density at radius 2 is 1.71 bits per heavy atom. The van der Waals surface area contributed by atoms with Gasteiger partial charge in [-0.1, -0.05) is 11.6 Å². The summed E-state index contributed by atoms with van der Waals surface area (Å²) < 4.78 is 28.7. The lowest BCUT2D eigenvalue weighted by Gasteiger charge is -2.09. The van der Waals surface area contributed by atoms with E-state index < -0.39 is 10.0 Å². The largest absolute Gasteiger partial charge is 0.367 e. The highest BCUT2D eigenvalue weighted by atomic mass is 35.5. The molecule has 148 valence electrons. The number of anilines is 1. The van der Waals surface area contributed by atoms with Gasteiger partial charge < -0.3 is 5.32 Å². The number of hydrogen-bond acceptors (Lipinski definition) is 6. The molecule has 8 nitrogen and oxygen atoms in total. The summed E-state index contributed by atoms with van der Waals surface area (Å²) in [5, 5.41) is 16.3. The van der Waals surface area contributed by atoms with Gasteiger partial charge in [-0.3, -0.25) is 0 Å². The molecule has 28 heavy (non-hydrogen) atoms. The van der Waals surface area contributed by atoms with Crippen molar-refractivity contribution < 1.29 is 8.42 Å². The van der Waals surface area contributed by atoms with Gasteiger partial charge in [0.15, 0.2) is 5.82 Å². The molecule has 0 aliphatic heterocycles. The minimum absolute atomic E-state index is 0.168. The summed E-state index contributed by atoms with van der Waals surface area (Å²) in [5.41, 5.74) is 3.09. The van der Waals surface area contributed by atoms with Crippen LogP contribution in [0.3, 0.4) is 0 Å². The third kappa shape index (κ3) is 4.49. The van der Waals surface area contributed by atoms with Gasteiger partial charge in [0.1, 0.15) is 5.82 Å². The van der Waals surface area contributed by atoms with E-state index in [2.05, 4.69) is 25.3 Å². The Hall–Kier alpha value is -2.49. The Balaban J connectivity index is 1.55. The van der Waals surface area contributed by atoms with Crippen LogP contribution in [0.1, 0.15) is 17.0 Å². The Morgan fingerprint density at radius 1 is 1.00 bits per heavy atom. The number of aryl methyl sites for hydroxylation is 1. The summed E-state index contributed by atoms with van der Waals surface area (Å²) >= 11 is 5.78. The molecule has 2 aromatic heterocycles. The van der Waals surface area contributed by atoms with Crippen molar-refractivity contribution in [3.63, 3.8) is 0 Å². The van der Waals surface area contributed by atoms with Crippen LogP contribution in [0.5, 0.6) is 0 Å². The van der Waals surface area contributed by atoms with Crippen LogP contribution in [0, 0.1) is 20.8 Å². The van der Waals surface area contributed by atoms with E-state index in [1.54, 1.807) is 10.7 Å². The molecular weight excluding hydrogens is 400 g/mol. The topological polar surface area (TPSA) is 102 Å². The average Bonchev–Trinajstić information content (AvgIpc) is 2.93. The smallest absolute Gasteiger partial charge is 0.240 e. The van der Waals surface area contributed by atoms with Gasteiger partial charge in [-0.2, -0.15) is 5.10 Å². The first-order valence-electron chi connectivity index (χ1n) is 8.64. The molecule has 10 heteroatoms. The van der Waals surface area contributed by atoms with Gasteiger partial charge in [0.05, 0.1) is 10.6 Å². The van der Waals surface area contributed by atoms with Crippen molar-refractivity contribution in [2.45, 2.75) is 25.7 Å². The van der Waals surface area contributed by atoms with Crippen molar-refractivity contribution >= 4 is 27.4 Å². The molecule has 2 heterocycles. The molecule has 0 radical (unpaired) electrons.